The molecule has 4 heteroatoms. The van der Waals surface area contributed by atoms with E-state index in [-0.39, 0.29) is 5.56 Å². The lowest BCUT2D eigenvalue weighted by Gasteiger charge is -1.99. The maximum absolute atomic E-state index is 12.2. The van der Waals surface area contributed by atoms with Gasteiger partial charge >= 0.3 is 5.97 Å². The fourth-order valence-electron chi connectivity index (χ4n) is 0.966. The lowest BCUT2D eigenvalue weighted by Crippen LogP contribution is -1.87. The molecule has 74 valence electrons. The molecule has 0 aliphatic heterocycles. The predicted octanol–water partition coefficient (Wildman–Crippen LogP) is 2.72. The Bertz CT molecular complexity index is 359. The van der Waals surface area contributed by atoms with E-state index in [1.54, 1.807) is 6.07 Å². The Balaban J connectivity index is 2.89. The van der Waals surface area contributed by atoms with E-state index in [4.69, 9.17) is 5.11 Å². The molecule has 0 atom stereocenters. The van der Waals surface area contributed by atoms with Crippen LogP contribution in [0.1, 0.15) is 17.6 Å². The van der Waals surface area contributed by atoms with Gasteiger partial charge in [-0.15, -0.1) is 0 Å². The maximum atomic E-state index is 12.2. The number of benzene rings is 1. The average molecular weight is 198 g/mol. The summed E-state index contributed by atoms with van der Waals surface area (Å²) in [6.07, 6.45) is -0.355. The van der Waals surface area contributed by atoms with Crippen LogP contribution in [0.2, 0.25) is 0 Å². The van der Waals surface area contributed by atoms with Gasteiger partial charge in [0.25, 0.3) is 6.43 Å². The SMILES string of the molecule is O=C(O)/C=C/c1cccc(C(F)F)c1. The van der Waals surface area contributed by atoms with E-state index in [0.717, 1.165) is 6.08 Å². The van der Waals surface area contributed by atoms with Gasteiger partial charge in [-0.2, -0.15) is 0 Å². The van der Waals surface area contributed by atoms with E-state index >= 15 is 0 Å². The number of carboxylic acids is 1. The standard InChI is InChI=1S/C10H8F2O2/c11-10(12)8-3-1-2-7(6-8)4-5-9(13)14/h1-6,10H,(H,13,14)/b5-4+. The Morgan fingerprint density at radius 3 is 2.71 bits per heavy atom. The number of carbonyl (C=O) groups is 1. The summed E-state index contributed by atoms with van der Waals surface area (Å²) >= 11 is 0. The number of hydrogen-bond donors (Lipinski definition) is 1. The van der Waals surface area contributed by atoms with Crippen molar-refractivity contribution in [1.82, 2.24) is 0 Å². The molecule has 0 saturated heterocycles. The average Bonchev–Trinajstić information content (AvgIpc) is 2.15. The van der Waals surface area contributed by atoms with Gasteiger partial charge < -0.3 is 5.11 Å². The van der Waals surface area contributed by atoms with Crippen molar-refractivity contribution in [3.63, 3.8) is 0 Å². The number of rotatable bonds is 3. The van der Waals surface area contributed by atoms with Gasteiger partial charge in [0.1, 0.15) is 0 Å². The summed E-state index contributed by atoms with van der Waals surface area (Å²) in [7, 11) is 0. The first-order valence-electron chi connectivity index (χ1n) is 3.88. The van der Waals surface area contributed by atoms with Crippen LogP contribution in [0, 0.1) is 0 Å². The molecule has 1 N–H and O–H groups in total. The van der Waals surface area contributed by atoms with Gasteiger partial charge in [-0.1, -0.05) is 18.2 Å². The zero-order chi connectivity index (χ0) is 10.6. The smallest absolute Gasteiger partial charge is 0.328 e. The minimum absolute atomic E-state index is 0.113. The van der Waals surface area contributed by atoms with Gasteiger partial charge in [-0.3, -0.25) is 0 Å². The second-order valence-electron chi connectivity index (χ2n) is 2.64. The van der Waals surface area contributed by atoms with Crippen molar-refractivity contribution in [3.05, 3.63) is 41.5 Å². The third-order valence-corrected chi connectivity index (χ3v) is 1.58. The van der Waals surface area contributed by atoms with E-state index < -0.39 is 12.4 Å². The highest BCUT2D eigenvalue weighted by Crippen LogP contribution is 2.19. The molecule has 1 aromatic carbocycles. The van der Waals surface area contributed by atoms with Crippen LogP contribution in [-0.2, 0) is 4.79 Å². The largest absolute Gasteiger partial charge is 0.478 e. The molecule has 0 aromatic heterocycles. The Hall–Kier alpha value is -1.71. The molecular weight excluding hydrogens is 190 g/mol. The number of halogens is 2. The molecule has 0 heterocycles. The summed E-state index contributed by atoms with van der Waals surface area (Å²) in [6.45, 7) is 0. The lowest BCUT2D eigenvalue weighted by molar-refractivity contribution is -0.131. The molecule has 14 heavy (non-hydrogen) atoms. The van der Waals surface area contributed by atoms with Crippen LogP contribution < -0.4 is 0 Å². The summed E-state index contributed by atoms with van der Waals surface area (Å²) in [4.78, 5) is 10.2. The van der Waals surface area contributed by atoms with Crippen LogP contribution in [0.3, 0.4) is 0 Å². The van der Waals surface area contributed by atoms with Crippen molar-refractivity contribution in [3.8, 4) is 0 Å². The second kappa shape index (κ2) is 4.50. The quantitative estimate of drug-likeness (QED) is 0.758. The third-order valence-electron chi connectivity index (χ3n) is 1.58. The maximum Gasteiger partial charge on any atom is 0.328 e. The second-order valence-corrected chi connectivity index (χ2v) is 2.64. The highest BCUT2D eigenvalue weighted by atomic mass is 19.3. The topological polar surface area (TPSA) is 37.3 Å². The number of hydrogen-bond acceptors (Lipinski definition) is 1. The summed E-state index contributed by atoms with van der Waals surface area (Å²) in [5.41, 5.74) is 0.336. The van der Waals surface area contributed by atoms with Crippen LogP contribution in [0.25, 0.3) is 6.08 Å². The van der Waals surface area contributed by atoms with Gasteiger partial charge in [-0.25, -0.2) is 13.6 Å². The number of aliphatic carboxylic acids is 1. The normalized spacial score (nSPS) is 11.1. The van der Waals surface area contributed by atoms with Gasteiger partial charge in [0.2, 0.25) is 0 Å². The minimum Gasteiger partial charge on any atom is -0.478 e. The predicted molar refractivity (Wildman–Crippen MR) is 48.1 cm³/mol. The van der Waals surface area contributed by atoms with E-state index in [1.807, 2.05) is 0 Å². The monoisotopic (exact) mass is 198 g/mol. The highest BCUT2D eigenvalue weighted by molar-refractivity contribution is 5.85. The Kier molecular flexibility index (Phi) is 3.34. The van der Waals surface area contributed by atoms with Crippen molar-refractivity contribution in [2.24, 2.45) is 0 Å². The zero-order valence-corrected chi connectivity index (χ0v) is 7.15. The lowest BCUT2D eigenvalue weighted by atomic mass is 10.1. The first-order chi connectivity index (χ1) is 6.59. The van der Waals surface area contributed by atoms with Gasteiger partial charge in [0.15, 0.2) is 0 Å². The molecule has 0 aliphatic rings. The zero-order valence-electron chi connectivity index (χ0n) is 7.15. The van der Waals surface area contributed by atoms with Crippen molar-refractivity contribution in [2.75, 3.05) is 0 Å². The molecular formula is C10H8F2O2. The van der Waals surface area contributed by atoms with Crippen molar-refractivity contribution < 1.29 is 18.7 Å². The molecule has 0 spiro atoms. The van der Waals surface area contributed by atoms with Crippen LogP contribution in [0.5, 0.6) is 0 Å². The summed E-state index contributed by atoms with van der Waals surface area (Å²) < 4.78 is 24.4. The molecule has 1 aromatic rings. The van der Waals surface area contributed by atoms with Crippen LogP contribution in [0.4, 0.5) is 8.78 Å². The van der Waals surface area contributed by atoms with Crippen LogP contribution >= 0.6 is 0 Å². The van der Waals surface area contributed by atoms with Gasteiger partial charge in [-0.05, 0) is 17.7 Å². The van der Waals surface area contributed by atoms with Crippen LogP contribution in [0.15, 0.2) is 30.3 Å². The van der Waals surface area contributed by atoms with Gasteiger partial charge in [0.05, 0.1) is 0 Å². The van der Waals surface area contributed by atoms with E-state index in [9.17, 15) is 13.6 Å². The van der Waals surface area contributed by atoms with E-state index in [0.29, 0.717) is 5.56 Å². The summed E-state index contributed by atoms with van der Waals surface area (Å²) in [5, 5.41) is 8.32. The Morgan fingerprint density at radius 1 is 1.43 bits per heavy atom. The molecule has 0 unspecified atom stereocenters. The molecule has 0 amide bonds. The third kappa shape index (κ3) is 2.97. The molecule has 0 bridgehead atoms. The van der Waals surface area contributed by atoms with Crippen molar-refractivity contribution >= 4 is 12.0 Å². The fourth-order valence-corrected chi connectivity index (χ4v) is 0.966. The number of alkyl halides is 2. The summed E-state index contributed by atoms with van der Waals surface area (Å²) in [6, 6.07) is 5.57. The molecule has 0 radical (unpaired) electrons. The van der Waals surface area contributed by atoms with Crippen LogP contribution in [-0.4, -0.2) is 11.1 Å². The molecule has 2 nitrogen and oxygen atoms in total. The fraction of sp³-hybridized carbons (Fsp3) is 0.100. The summed E-state index contributed by atoms with van der Waals surface area (Å²) in [5.74, 6) is -1.10. The molecule has 0 aliphatic carbocycles. The van der Waals surface area contributed by atoms with E-state index in [1.165, 1.54) is 24.3 Å². The minimum atomic E-state index is -2.53. The van der Waals surface area contributed by atoms with E-state index in [2.05, 4.69) is 0 Å². The number of carboxylic acid groups (broad SMARTS) is 1. The Morgan fingerprint density at radius 2 is 2.14 bits per heavy atom. The highest BCUT2D eigenvalue weighted by Gasteiger charge is 2.05. The van der Waals surface area contributed by atoms with Crippen molar-refractivity contribution in [2.45, 2.75) is 6.43 Å². The first-order valence-corrected chi connectivity index (χ1v) is 3.88. The molecule has 0 saturated carbocycles. The molecule has 0 fully saturated rings. The first kappa shape index (κ1) is 10.4. The molecule has 1 rings (SSSR count). The Labute approximate surface area is 79.5 Å². The van der Waals surface area contributed by atoms with Crippen molar-refractivity contribution in [1.29, 1.82) is 0 Å². The van der Waals surface area contributed by atoms with Gasteiger partial charge in [0, 0.05) is 11.6 Å².